The Bertz CT molecular complexity index is 661. The van der Waals surface area contributed by atoms with Gasteiger partial charge in [-0.15, -0.1) is 0 Å². The SMILES string of the molecule is COc1cc2c(c3ccccc13)C(=O)NC2=O. The molecule has 0 unspecified atom stereocenters. The van der Waals surface area contributed by atoms with Crippen LogP contribution in [0.5, 0.6) is 5.75 Å². The smallest absolute Gasteiger partial charge is 0.259 e. The van der Waals surface area contributed by atoms with E-state index in [1.165, 1.54) is 0 Å². The van der Waals surface area contributed by atoms with E-state index in [0.717, 1.165) is 10.8 Å². The topological polar surface area (TPSA) is 55.4 Å². The van der Waals surface area contributed by atoms with E-state index in [4.69, 9.17) is 4.74 Å². The number of carbonyl (C=O) groups excluding carboxylic acids is 2. The first-order valence-corrected chi connectivity index (χ1v) is 5.18. The number of imide groups is 1. The third-order valence-corrected chi connectivity index (χ3v) is 2.93. The third-order valence-electron chi connectivity index (χ3n) is 2.93. The number of amides is 2. The van der Waals surface area contributed by atoms with Crippen molar-refractivity contribution in [3.05, 3.63) is 41.5 Å². The van der Waals surface area contributed by atoms with Crippen LogP contribution in [0.4, 0.5) is 0 Å². The van der Waals surface area contributed by atoms with E-state index in [9.17, 15) is 9.59 Å². The van der Waals surface area contributed by atoms with Gasteiger partial charge in [0.1, 0.15) is 5.75 Å². The highest BCUT2D eigenvalue weighted by atomic mass is 16.5. The minimum atomic E-state index is -0.367. The molecule has 2 amide bonds. The number of nitrogens with one attached hydrogen (secondary N) is 1. The van der Waals surface area contributed by atoms with Crippen LogP contribution in [0.1, 0.15) is 20.7 Å². The van der Waals surface area contributed by atoms with Crippen LogP contribution in [0.15, 0.2) is 30.3 Å². The summed E-state index contributed by atoms with van der Waals surface area (Å²) in [5, 5.41) is 3.87. The van der Waals surface area contributed by atoms with Gasteiger partial charge in [-0.2, -0.15) is 0 Å². The molecular weight excluding hydrogens is 218 g/mol. The minimum Gasteiger partial charge on any atom is -0.496 e. The molecule has 0 radical (unpaired) electrons. The van der Waals surface area contributed by atoms with Crippen molar-refractivity contribution in [2.45, 2.75) is 0 Å². The molecular formula is C13H9NO3. The van der Waals surface area contributed by atoms with Crippen LogP contribution in [0.3, 0.4) is 0 Å². The summed E-state index contributed by atoms with van der Waals surface area (Å²) in [6.45, 7) is 0. The second-order valence-corrected chi connectivity index (χ2v) is 3.83. The molecule has 84 valence electrons. The average molecular weight is 227 g/mol. The van der Waals surface area contributed by atoms with Crippen LogP contribution < -0.4 is 10.1 Å². The number of rotatable bonds is 1. The zero-order valence-electron chi connectivity index (χ0n) is 9.11. The second kappa shape index (κ2) is 3.31. The van der Waals surface area contributed by atoms with Crippen molar-refractivity contribution in [2.24, 2.45) is 0 Å². The molecule has 0 atom stereocenters. The van der Waals surface area contributed by atoms with Crippen LogP contribution >= 0.6 is 0 Å². The summed E-state index contributed by atoms with van der Waals surface area (Å²) in [4.78, 5) is 23.3. The summed E-state index contributed by atoms with van der Waals surface area (Å²) in [6, 6.07) is 8.99. The molecule has 1 aliphatic heterocycles. The standard InChI is InChI=1S/C13H9NO3/c1-17-10-6-9-11(13(16)14-12(9)15)8-5-3-2-4-7(8)10/h2-6H,1H3,(H,14,15,16). The Hall–Kier alpha value is -2.36. The molecule has 0 fully saturated rings. The maximum Gasteiger partial charge on any atom is 0.259 e. The molecule has 3 rings (SSSR count). The van der Waals surface area contributed by atoms with Crippen LogP contribution in [-0.2, 0) is 0 Å². The molecule has 0 bridgehead atoms. The quantitative estimate of drug-likeness (QED) is 0.755. The van der Waals surface area contributed by atoms with Crippen molar-refractivity contribution < 1.29 is 14.3 Å². The normalized spacial score (nSPS) is 13.7. The Morgan fingerprint density at radius 1 is 1.06 bits per heavy atom. The maximum atomic E-state index is 11.7. The first-order valence-electron chi connectivity index (χ1n) is 5.18. The van der Waals surface area contributed by atoms with Crippen LogP contribution in [0, 0.1) is 0 Å². The highest BCUT2D eigenvalue weighted by Crippen LogP contribution is 2.33. The first-order chi connectivity index (χ1) is 8.22. The van der Waals surface area contributed by atoms with Gasteiger partial charge in [0.25, 0.3) is 11.8 Å². The fourth-order valence-electron chi connectivity index (χ4n) is 2.17. The molecule has 4 nitrogen and oxygen atoms in total. The molecule has 4 heteroatoms. The summed E-state index contributed by atoms with van der Waals surface area (Å²) in [6.07, 6.45) is 0. The molecule has 2 aromatic carbocycles. The number of fused-ring (bicyclic) bond motifs is 3. The lowest BCUT2D eigenvalue weighted by Gasteiger charge is -2.08. The molecule has 1 aliphatic rings. The Balaban J connectivity index is 2.49. The van der Waals surface area contributed by atoms with Gasteiger partial charge in [-0.25, -0.2) is 0 Å². The van der Waals surface area contributed by atoms with Gasteiger partial charge in [-0.05, 0) is 11.5 Å². The van der Waals surface area contributed by atoms with Crippen molar-refractivity contribution >= 4 is 22.6 Å². The fourth-order valence-corrected chi connectivity index (χ4v) is 2.17. The molecule has 1 heterocycles. The van der Waals surface area contributed by atoms with Crippen molar-refractivity contribution in [3.8, 4) is 5.75 Å². The minimum absolute atomic E-state index is 0.344. The lowest BCUT2D eigenvalue weighted by atomic mass is 9.99. The van der Waals surface area contributed by atoms with Gasteiger partial charge in [0.05, 0.1) is 18.2 Å². The maximum absolute atomic E-state index is 11.7. The number of benzene rings is 2. The van der Waals surface area contributed by atoms with Gasteiger partial charge in [0, 0.05) is 5.39 Å². The van der Waals surface area contributed by atoms with Crippen molar-refractivity contribution in [3.63, 3.8) is 0 Å². The lowest BCUT2D eigenvalue weighted by molar-refractivity contribution is 0.0880. The fraction of sp³-hybridized carbons (Fsp3) is 0.0769. The van der Waals surface area contributed by atoms with E-state index in [1.54, 1.807) is 13.2 Å². The third kappa shape index (κ3) is 1.24. The van der Waals surface area contributed by atoms with Gasteiger partial charge in [0.2, 0.25) is 0 Å². The summed E-state index contributed by atoms with van der Waals surface area (Å²) < 4.78 is 5.25. The van der Waals surface area contributed by atoms with E-state index in [0.29, 0.717) is 16.9 Å². The summed E-state index contributed by atoms with van der Waals surface area (Å²) >= 11 is 0. The lowest BCUT2D eigenvalue weighted by Crippen LogP contribution is -2.19. The van der Waals surface area contributed by atoms with E-state index in [1.807, 2.05) is 24.3 Å². The molecule has 1 N–H and O–H groups in total. The molecule has 0 saturated carbocycles. The number of methoxy groups -OCH3 is 1. The molecule has 0 spiro atoms. The van der Waals surface area contributed by atoms with Gasteiger partial charge >= 0.3 is 0 Å². The number of hydrogen-bond acceptors (Lipinski definition) is 3. The Labute approximate surface area is 97.2 Å². The molecule has 17 heavy (non-hydrogen) atoms. The monoisotopic (exact) mass is 227 g/mol. The van der Waals surface area contributed by atoms with E-state index < -0.39 is 0 Å². The number of ether oxygens (including phenoxy) is 1. The van der Waals surface area contributed by atoms with Crippen LogP contribution in [0.25, 0.3) is 10.8 Å². The zero-order valence-corrected chi connectivity index (χ0v) is 9.11. The van der Waals surface area contributed by atoms with E-state index in [2.05, 4.69) is 5.32 Å². The van der Waals surface area contributed by atoms with E-state index >= 15 is 0 Å². The van der Waals surface area contributed by atoms with Gasteiger partial charge in [-0.3, -0.25) is 14.9 Å². The summed E-state index contributed by atoms with van der Waals surface area (Å²) in [5.74, 6) is -0.109. The Morgan fingerprint density at radius 3 is 2.47 bits per heavy atom. The highest BCUT2D eigenvalue weighted by Gasteiger charge is 2.30. The average Bonchev–Trinajstić information content (AvgIpc) is 2.64. The second-order valence-electron chi connectivity index (χ2n) is 3.83. The van der Waals surface area contributed by atoms with E-state index in [-0.39, 0.29) is 11.8 Å². The summed E-state index contributed by atoms with van der Waals surface area (Å²) in [5.41, 5.74) is 0.817. The molecule has 0 saturated heterocycles. The van der Waals surface area contributed by atoms with Gasteiger partial charge < -0.3 is 4.74 Å². The summed E-state index contributed by atoms with van der Waals surface area (Å²) in [7, 11) is 1.54. The van der Waals surface area contributed by atoms with Crippen LogP contribution in [-0.4, -0.2) is 18.9 Å². The molecule has 0 aromatic heterocycles. The largest absolute Gasteiger partial charge is 0.496 e. The Kier molecular flexibility index (Phi) is 1.92. The molecule has 2 aromatic rings. The number of carbonyl (C=O) groups is 2. The van der Waals surface area contributed by atoms with Gasteiger partial charge in [-0.1, -0.05) is 24.3 Å². The first kappa shape index (κ1) is 9.84. The van der Waals surface area contributed by atoms with Crippen molar-refractivity contribution in [1.29, 1.82) is 0 Å². The van der Waals surface area contributed by atoms with Crippen molar-refractivity contribution in [1.82, 2.24) is 5.32 Å². The Morgan fingerprint density at radius 2 is 1.76 bits per heavy atom. The van der Waals surface area contributed by atoms with Gasteiger partial charge in [0.15, 0.2) is 0 Å². The predicted octanol–water partition coefficient (Wildman–Crippen LogP) is 1.73. The van der Waals surface area contributed by atoms with Crippen LogP contribution in [0.2, 0.25) is 0 Å². The number of hydrogen-bond donors (Lipinski definition) is 1. The highest BCUT2D eigenvalue weighted by molar-refractivity contribution is 6.27. The zero-order chi connectivity index (χ0) is 12.0. The predicted molar refractivity (Wildman–Crippen MR) is 62.3 cm³/mol. The van der Waals surface area contributed by atoms with Crippen molar-refractivity contribution in [2.75, 3.05) is 7.11 Å². The molecule has 0 aliphatic carbocycles.